The molecule has 0 aliphatic rings. The van der Waals surface area contributed by atoms with Gasteiger partial charge in [-0.3, -0.25) is 0 Å². The van der Waals surface area contributed by atoms with Crippen molar-refractivity contribution >= 4 is 95.3 Å². The number of fused-ring (bicyclic) bond motifs is 9. The minimum absolute atomic E-state index is 1.24. The Morgan fingerprint density at radius 3 is 1.32 bits per heavy atom. The van der Waals surface area contributed by atoms with Crippen LogP contribution in [0, 0.1) is 0 Å². The molecule has 0 saturated carbocycles. The zero-order chi connectivity index (χ0) is 32.8. The molecule has 0 spiro atoms. The lowest BCUT2D eigenvalue weighted by atomic mass is 9.83. The van der Waals surface area contributed by atoms with E-state index in [1.54, 1.807) is 0 Å². The lowest BCUT2D eigenvalue weighted by Crippen LogP contribution is -1.92. The summed E-state index contributed by atoms with van der Waals surface area (Å²) in [5.74, 6) is 0. The second-order valence-corrected chi connectivity index (χ2v) is 15.3. The van der Waals surface area contributed by atoms with E-state index >= 15 is 0 Å². The van der Waals surface area contributed by atoms with Gasteiger partial charge in [0, 0.05) is 45.9 Å². The molecule has 0 nitrogen and oxygen atoms in total. The molecule has 9 aromatic carbocycles. The van der Waals surface area contributed by atoms with E-state index in [-0.39, 0.29) is 0 Å². The fraction of sp³-hybridized carbons (Fsp3) is 0. The average Bonchev–Trinajstić information content (AvgIpc) is 3.74. The number of benzene rings is 9. The molecule has 0 aliphatic carbocycles. The van der Waals surface area contributed by atoms with Crippen LogP contribution in [-0.2, 0) is 0 Å². The third kappa shape index (κ3) is 4.04. The molecular formula is C48H28S2. The van der Waals surface area contributed by atoms with Crippen LogP contribution in [-0.4, -0.2) is 0 Å². The molecule has 11 rings (SSSR count). The van der Waals surface area contributed by atoms with E-state index in [1.165, 1.54) is 106 Å². The van der Waals surface area contributed by atoms with E-state index in [4.69, 9.17) is 0 Å². The summed E-state index contributed by atoms with van der Waals surface area (Å²) >= 11 is 3.85. The van der Waals surface area contributed by atoms with Gasteiger partial charge in [-0.15, -0.1) is 22.7 Å². The van der Waals surface area contributed by atoms with Gasteiger partial charge in [0.2, 0.25) is 0 Å². The first-order valence-corrected chi connectivity index (χ1v) is 18.7. The molecule has 0 saturated heterocycles. The monoisotopic (exact) mass is 668 g/mol. The molecule has 50 heavy (non-hydrogen) atoms. The molecule has 11 aromatic rings. The van der Waals surface area contributed by atoms with Crippen molar-refractivity contribution in [2.45, 2.75) is 0 Å². The number of thiophene rings is 2. The quantitative estimate of drug-likeness (QED) is 0.164. The van der Waals surface area contributed by atoms with Crippen molar-refractivity contribution in [3.05, 3.63) is 170 Å². The maximum Gasteiger partial charge on any atom is 0.0448 e. The Kier molecular flexibility index (Phi) is 6.09. The van der Waals surface area contributed by atoms with Crippen molar-refractivity contribution < 1.29 is 0 Å². The van der Waals surface area contributed by atoms with Crippen molar-refractivity contribution in [2.24, 2.45) is 0 Å². The standard InChI is InChI=1S/C48H28S2/c1-2-14-29(15-3-1)44-35-20-6-8-22-37(35)46(38-23-9-7-21-36(38)44)39-27-31(26-30-16-4-5-17-32(30)39)45-47-40(33-18-10-12-24-42(33)49-47)28-41-34-19-11-13-25-43(34)50-48(41)45/h1-28H. The molecule has 0 fully saturated rings. The molecule has 2 heteroatoms. The Morgan fingerprint density at radius 2 is 0.740 bits per heavy atom. The molecule has 0 amide bonds. The van der Waals surface area contributed by atoms with E-state index in [0.29, 0.717) is 0 Å². The highest BCUT2D eigenvalue weighted by molar-refractivity contribution is 7.29. The van der Waals surface area contributed by atoms with Crippen molar-refractivity contribution in [1.82, 2.24) is 0 Å². The van der Waals surface area contributed by atoms with Gasteiger partial charge in [0.1, 0.15) is 0 Å². The molecule has 0 atom stereocenters. The average molecular weight is 669 g/mol. The van der Waals surface area contributed by atoms with Crippen LogP contribution in [0.25, 0.3) is 106 Å². The van der Waals surface area contributed by atoms with Gasteiger partial charge < -0.3 is 0 Å². The van der Waals surface area contributed by atoms with E-state index < -0.39 is 0 Å². The van der Waals surface area contributed by atoms with Gasteiger partial charge in [-0.1, -0.05) is 140 Å². The molecule has 2 aromatic heterocycles. The van der Waals surface area contributed by atoms with Crippen molar-refractivity contribution in [3.8, 4) is 33.4 Å². The van der Waals surface area contributed by atoms with E-state index in [2.05, 4.69) is 170 Å². The highest BCUT2D eigenvalue weighted by atomic mass is 32.1. The molecule has 232 valence electrons. The highest BCUT2D eigenvalue weighted by Crippen LogP contribution is 2.51. The lowest BCUT2D eigenvalue weighted by Gasteiger charge is -2.20. The Balaban J connectivity index is 1.32. The SMILES string of the molecule is c1ccc(-c2c3ccccc3c(-c3cc(-c4c5sc6ccccc6c5cc5c4sc4ccccc45)cc4ccccc34)c3ccccc23)cc1. The topological polar surface area (TPSA) is 0 Å². The van der Waals surface area contributed by atoms with Crippen LogP contribution in [0.5, 0.6) is 0 Å². The van der Waals surface area contributed by atoms with Gasteiger partial charge in [-0.2, -0.15) is 0 Å². The maximum absolute atomic E-state index is 2.50. The molecule has 0 N–H and O–H groups in total. The van der Waals surface area contributed by atoms with E-state index in [9.17, 15) is 0 Å². The summed E-state index contributed by atoms with van der Waals surface area (Å²) in [4.78, 5) is 0. The third-order valence-electron chi connectivity index (χ3n) is 10.4. The van der Waals surface area contributed by atoms with Gasteiger partial charge in [-0.05, 0) is 90.5 Å². The van der Waals surface area contributed by atoms with Crippen molar-refractivity contribution in [2.75, 3.05) is 0 Å². The van der Waals surface area contributed by atoms with E-state index in [1.807, 2.05) is 22.7 Å². The first kappa shape index (κ1) is 28.1. The van der Waals surface area contributed by atoms with Crippen LogP contribution in [0.4, 0.5) is 0 Å². The van der Waals surface area contributed by atoms with Gasteiger partial charge in [-0.25, -0.2) is 0 Å². The van der Waals surface area contributed by atoms with E-state index in [0.717, 1.165) is 0 Å². The molecule has 0 unspecified atom stereocenters. The fourth-order valence-electron chi connectivity index (χ4n) is 8.29. The first-order valence-electron chi connectivity index (χ1n) is 17.1. The summed E-state index contributed by atoms with van der Waals surface area (Å²) < 4.78 is 5.39. The van der Waals surface area contributed by atoms with Crippen LogP contribution in [0.2, 0.25) is 0 Å². The molecule has 0 radical (unpaired) electrons. The number of rotatable bonds is 3. The van der Waals surface area contributed by atoms with Crippen LogP contribution in [0.15, 0.2) is 170 Å². The van der Waals surface area contributed by atoms with Crippen molar-refractivity contribution in [3.63, 3.8) is 0 Å². The Morgan fingerprint density at radius 1 is 0.280 bits per heavy atom. The second-order valence-electron chi connectivity index (χ2n) is 13.2. The van der Waals surface area contributed by atoms with Crippen LogP contribution < -0.4 is 0 Å². The number of hydrogen-bond donors (Lipinski definition) is 0. The minimum Gasteiger partial charge on any atom is -0.134 e. The van der Waals surface area contributed by atoms with Gasteiger partial charge in [0.25, 0.3) is 0 Å². The summed E-state index contributed by atoms with van der Waals surface area (Å²) in [5, 5.41) is 13.0. The zero-order valence-electron chi connectivity index (χ0n) is 27.0. The predicted molar refractivity (Wildman–Crippen MR) is 221 cm³/mol. The Bertz CT molecular complexity index is 3000. The van der Waals surface area contributed by atoms with Gasteiger partial charge in [0.05, 0.1) is 0 Å². The highest BCUT2D eigenvalue weighted by Gasteiger charge is 2.22. The lowest BCUT2D eigenvalue weighted by molar-refractivity contribution is 1.66. The molecule has 0 aliphatic heterocycles. The predicted octanol–water partition coefficient (Wildman–Crippen LogP) is 14.9. The molecular weight excluding hydrogens is 641 g/mol. The van der Waals surface area contributed by atoms with Crippen molar-refractivity contribution in [1.29, 1.82) is 0 Å². The third-order valence-corrected chi connectivity index (χ3v) is 12.8. The first-order chi connectivity index (χ1) is 24.8. The summed E-state index contributed by atoms with van der Waals surface area (Å²) in [6.45, 7) is 0. The zero-order valence-corrected chi connectivity index (χ0v) is 28.6. The summed E-state index contributed by atoms with van der Waals surface area (Å²) in [6, 6.07) is 63.0. The largest absolute Gasteiger partial charge is 0.134 e. The van der Waals surface area contributed by atoms with Crippen LogP contribution in [0.1, 0.15) is 0 Å². The van der Waals surface area contributed by atoms with Crippen LogP contribution in [0.3, 0.4) is 0 Å². The number of hydrogen-bond acceptors (Lipinski definition) is 2. The van der Waals surface area contributed by atoms with Gasteiger partial charge in [0.15, 0.2) is 0 Å². The molecule has 2 heterocycles. The Labute approximate surface area is 297 Å². The smallest absolute Gasteiger partial charge is 0.0448 e. The van der Waals surface area contributed by atoms with Crippen LogP contribution >= 0.6 is 22.7 Å². The summed E-state index contributed by atoms with van der Waals surface area (Å²) in [5.41, 5.74) is 7.73. The molecule has 0 bridgehead atoms. The summed E-state index contributed by atoms with van der Waals surface area (Å²) in [7, 11) is 0. The minimum atomic E-state index is 1.24. The second kappa shape index (κ2) is 10.9. The van der Waals surface area contributed by atoms with Gasteiger partial charge >= 0.3 is 0 Å². The maximum atomic E-state index is 2.50. The summed E-state index contributed by atoms with van der Waals surface area (Å²) in [6.07, 6.45) is 0. The normalized spacial score (nSPS) is 12.0. The fourth-order valence-corrected chi connectivity index (χ4v) is 10.9. The Hall–Kier alpha value is -5.80.